The molecular weight excluding hydrogens is 224 g/mol. The maximum Gasteiger partial charge on any atom is 0.335 e. The zero-order chi connectivity index (χ0) is 12.7. The van der Waals surface area contributed by atoms with Gasteiger partial charge in [0.05, 0.1) is 22.6 Å². The summed E-state index contributed by atoms with van der Waals surface area (Å²) in [5.74, 6) is -0.369. The number of aryl methyl sites for hydroxylation is 2. The van der Waals surface area contributed by atoms with Crippen molar-refractivity contribution < 1.29 is 5.11 Å². The standard InChI is InChI=1S/C10H12N4O3/c1-4-8(15)11-10(17)14(9(4)16)7-5(2)12-13-6(7)3/h16H,1-3H3,(H,12,13)(H,11,15,17). The summed E-state index contributed by atoms with van der Waals surface area (Å²) in [4.78, 5) is 25.2. The van der Waals surface area contributed by atoms with Gasteiger partial charge in [-0.2, -0.15) is 5.10 Å². The van der Waals surface area contributed by atoms with E-state index in [-0.39, 0.29) is 11.4 Å². The molecule has 0 unspecified atom stereocenters. The van der Waals surface area contributed by atoms with Gasteiger partial charge in [0, 0.05) is 0 Å². The minimum absolute atomic E-state index is 0.0876. The van der Waals surface area contributed by atoms with Gasteiger partial charge in [0.2, 0.25) is 5.88 Å². The number of hydrogen-bond acceptors (Lipinski definition) is 4. The molecule has 0 atom stereocenters. The van der Waals surface area contributed by atoms with Crippen molar-refractivity contribution in [3.63, 3.8) is 0 Å². The molecular formula is C10H12N4O3. The van der Waals surface area contributed by atoms with Crippen LogP contribution in [0.5, 0.6) is 5.88 Å². The molecule has 7 nitrogen and oxygen atoms in total. The summed E-state index contributed by atoms with van der Waals surface area (Å²) in [7, 11) is 0. The lowest BCUT2D eigenvalue weighted by atomic mass is 10.3. The van der Waals surface area contributed by atoms with Crippen LogP contribution in [0.1, 0.15) is 17.0 Å². The van der Waals surface area contributed by atoms with E-state index >= 15 is 0 Å². The van der Waals surface area contributed by atoms with Crippen molar-refractivity contribution >= 4 is 0 Å². The molecule has 0 aromatic carbocycles. The first-order valence-electron chi connectivity index (χ1n) is 5.00. The molecule has 0 bridgehead atoms. The lowest BCUT2D eigenvalue weighted by Gasteiger charge is -2.09. The maximum absolute atomic E-state index is 11.7. The number of aromatic nitrogens is 4. The Hall–Kier alpha value is -2.31. The Bertz CT molecular complexity index is 673. The summed E-state index contributed by atoms with van der Waals surface area (Å²) in [6, 6.07) is 0. The van der Waals surface area contributed by atoms with Crippen molar-refractivity contribution in [1.82, 2.24) is 19.7 Å². The predicted octanol–water partition coefficient (Wildman–Crippen LogP) is -0.120. The van der Waals surface area contributed by atoms with Gasteiger partial charge in [0.1, 0.15) is 0 Å². The second-order valence-corrected chi connectivity index (χ2v) is 3.83. The van der Waals surface area contributed by atoms with Crippen molar-refractivity contribution in [2.24, 2.45) is 0 Å². The number of nitrogens with zero attached hydrogens (tertiary/aromatic N) is 2. The zero-order valence-corrected chi connectivity index (χ0v) is 9.66. The van der Waals surface area contributed by atoms with Crippen molar-refractivity contribution in [1.29, 1.82) is 0 Å². The highest BCUT2D eigenvalue weighted by Gasteiger charge is 2.17. The molecule has 2 rings (SSSR count). The molecule has 7 heteroatoms. The Morgan fingerprint density at radius 2 is 1.88 bits per heavy atom. The molecule has 0 aliphatic rings. The molecule has 2 aromatic rings. The fourth-order valence-corrected chi connectivity index (χ4v) is 1.69. The first-order valence-corrected chi connectivity index (χ1v) is 5.00. The summed E-state index contributed by atoms with van der Waals surface area (Å²) in [6.07, 6.45) is 0. The first kappa shape index (κ1) is 11.2. The van der Waals surface area contributed by atoms with Crippen molar-refractivity contribution in [2.45, 2.75) is 20.8 Å². The molecule has 0 fully saturated rings. The van der Waals surface area contributed by atoms with Crippen LogP contribution in [0.15, 0.2) is 9.59 Å². The summed E-state index contributed by atoms with van der Waals surface area (Å²) in [6.45, 7) is 4.86. The third-order valence-corrected chi connectivity index (χ3v) is 2.62. The number of H-pyrrole nitrogens is 2. The van der Waals surface area contributed by atoms with Gasteiger partial charge in [-0.15, -0.1) is 0 Å². The topological polar surface area (TPSA) is 104 Å². The SMILES string of the molecule is Cc1n[nH]c(C)c1-n1c(O)c(C)c(=O)[nH]c1=O. The van der Waals surface area contributed by atoms with Crippen LogP contribution in [-0.4, -0.2) is 24.9 Å². The summed E-state index contributed by atoms with van der Waals surface area (Å²) in [5.41, 5.74) is 0.447. The molecule has 0 spiro atoms. The van der Waals surface area contributed by atoms with Gasteiger partial charge >= 0.3 is 5.69 Å². The molecule has 0 aliphatic carbocycles. The van der Waals surface area contributed by atoms with Gasteiger partial charge in [0.25, 0.3) is 5.56 Å². The van der Waals surface area contributed by atoms with E-state index in [2.05, 4.69) is 15.2 Å². The number of rotatable bonds is 1. The molecule has 3 N–H and O–H groups in total. The molecule has 0 saturated heterocycles. The number of nitrogens with one attached hydrogen (secondary N) is 2. The van der Waals surface area contributed by atoms with Gasteiger partial charge in [-0.05, 0) is 20.8 Å². The molecule has 17 heavy (non-hydrogen) atoms. The van der Waals surface area contributed by atoms with Gasteiger partial charge in [-0.25, -0.2) is 9.36 Å². The largest absolute Gasteiger partial charge is 0.494 e. The Labute approximate surface area is 95.7 Å². The second kappa shape index (κ2) is 3.62. The van der Waals surface area contributed by atoms with Crippen LogP contribution in [0.4, 0.5) is 0 Å². The van der Waals surface area contributed by atoms with E-state index in [1.165, 1.54) is 6.92 Å². The molecule has 2 heterocycles. The summed E-state index contributed by atoms with van der Waals surface area (Å²) >= 11 is 0. The minimum atomic E-state index is -0.689. The Kier molecular flexibility index (Phi) is 2.38. The van der Waals surface area contributed by atoms with Gasteiger partial charge in [-0.3, -0.25) is 14.9 Å². The highest BCUT2D eigenvalue weighted by atomic mass is 16.3. The second-order valence-electron chi connectivity index (χ2n) is 3.83. The van der Waals surface area contributed by atoms with E-state index in [0.29, 0.717) is 17.1 Å². The van der Waals surface area contributed by atoms with Gasteiger partial charge in [0.15, 0.2) is 0 Å². The average molecular weight is 236 g/mol. The molecule has 90 valence electrons. The van der Waals surface area contributed by atoms with Crippen LogP contribution in [0, 0.1) is 20.8 Å². The molecule has 0 saturated carbocycles. The molecule has 0 aliphatic heterocycles. The van der Waals surface area contributed by atoms with Crippen LogP contribution in [0.25, 0.3) is 5.69 Å². The summed E-state index contributed by atoms with van der Waals surface area (Å²) < 4.78 is 1.03. The monoisotopic (exact) mass is 236 g/mol. The van der Waals surface area contributed by atoms with E-state index in [1.807, 2.05) is 0 Å². The fraction of sp³-hybridized carbons (Fsp3) is 0.300. The molecule has 0 amide bonds. The molecule has 0 radical (unpaired) electrons. The third-order valence-electron chi connectivity index (χ3n) is 2.62. The van der Waals surface area contributed by atoms with E-state index in [0.717, 1.165) is 4.57 Å². The van der Waals surface area contributed by atoms with Crippen molar-refractivity contribution in [3.05, 3.63) is 37.8 Å². The van der Waals surface area contributed by atoms with Gasteiger partial charge in [-0.1, -0.05) is 0 Å². The lowest BCUT2D eigenvalue weighted by molar-refractivity contribution is 0.425. The Morgan fingerprint density at radius 3 is 2.41 bits per heavy atom. The van der Waals surface area contributed by atoms with Crippen LogP contribution in [0.3, 0.4) is 0 Å². The Morgan fingerprint density at radius 1 is 1.24 bits per heavy atom. The van der Waals surface area contributed by atoms with E-state index in [1.54, 1.807) is 13.8 Å². The van der Waals surface area contributed by atoms with Crippen LogP contribution in [-0.2, 0) is 0 Å². The van der Waals surface area contributed by atoms with E-state index in [4.69, 9.17) is 0 Å². The normalized spacial score (nSPS) is 10.8. The minimum Gasteiger partial charge on any atom is -0.494 e. The van der Waals surface area contributed by atoms with Crippen molar-refractivity contribution in [2.75, 3.05) is 0 Å². The fourth-order valence-electron chi connectivity index (χ4n) is 1.69. The smallest absolute Gasteiger partial charge is 0.335 e. The van der Waals surface area contributed by atoms with Crippen molar-refractivity contribution in [3.8, 4) is 11.6 Å². The lowest BCUT2D eigenvalue weighted by Crippen LogP contribution is -2.30. The summed E-state index contributed by atoms with van der Waals surface area (Å²) in [5, 5.41) is 16.5. The highest BCUT2D eigenvalue weighted by Crippen LogP contribution is 2.19. The first-order chi connectivity index (χ1) is 7.93. The maximum atomic E-state index is 11.7. The zero-order valence-electron chi connectivity index (χ0n) is 9.66. The van der Waals surface area contributed by atoms with Crippen LogP contribution < -0.4 is 11.2 Å². The van der Waals surface area contributed by atoms with E-state index < -0.39 is 11.2 Å². The van der Waals surface area contributed by atoms with Crippen LogP contribution >= 0.6 is 0 Å². The predicted molar refractivity (Wildman–Crippen MR) is 60.7 cm³/mol. The molecule has 2 aromatic heterocycles. The Balaban J connectivity index is 2.91. The number of aromatic amines is 2. The van der Waals surface area contributed by atoms with E-state index in [9.17, 15) is 14.7 Å². The highest BCUT2D eigenvalue weighted by molar-refractivity contribution is 5.44. The van der Waals surface area contributed by atoms with Gasteiger partial charge < -0.3 is 5.11 Å². The number of aromatic hydroxyl groups is 1. The third kappa shape index (κ3) is 1.55. The van der Waals surface area contributed by atoms with Crippen LogP contribution in [0.2, 0.25) is 0 Å². The quantitative estimate of drug-likeness (QED) is 0.642. The average Bonchev–Trinajstić information content (AvgIpc) is 2.58. The number of hydrogen-bond donors (Lipinski definition) is 3.